The number of anilines is 1. The van der Waals surface area contributed by atoms with Crippen LogP contribution >= 0.6 is 22.9 Å². The molecule has 0 atom stereocenters. The molecule has 0 spiro atoms. The summed E-state index contributed by atoms with van der Waals surface area (Å²) >= 11 is 7.25. The van der Waals surface area contributed by atoms with E-state index in [1.807, 2.05) is 53.9 Å². The maximum absolute atomic E-state index is 12.6. The number of hydrazine groups is 1. The number of hydrogen-bond donors (Lipinski definition) is 2. The lowest BCUT2D eigenvalue weighted by Gasteiger charge is -2.11. The summed E-state index contributed by atoms with van der Waals surface area (Å²) in [4.78, 5) is 17.7. The van der Waals surface area contributed by atoms with Crippen LogP contribution in [-0.2, 0) is 0 Å². The van der Waals surface area contributed by atoms with Crippen molar-refractivity contribution in [3.05, 3.63) is 82.0 Å². The van der Waals surface area contributed by atoms with Crippen molar-refractivity contribution in [2.75, 3.05) is 5.43 Å². The van der Waals surface area contributed by atoms with Crippen molar-refractivity contribution >= 4 is 45.9 Å². The molecule has 3 aromatic rings. The van der Waals surface area contributed by atoms with Crippen molar-refractivity contribution in [2.24, 2.45) is 4.99 Å². The van der Waals surface area contributed by atoms with Crippen molar-refractivity contribution in [1.82, 2.24) is 5.43 Å². The summed E-state index contributed by atoms with van der Waals surface area (Å²) in [7, 11) is 0. The van der Waals surface area contributed by atoms with E-state index < -0.39 is 0 Å². The minimum atomic E-state index is -0.171. The predicted octanol–water partition coefficient (Wildman–Crippen LogP) is 4.93. The molecule has 0 saturated heterocycles. The standard InChI is InChI=1S/C18H14ClN3OS/c19-13-8-10-15(11-9-13)21-22-18(17(23)16-7-4-12-24-16)20-14-5-2-1-3-6-14/h1-12,21H,(H,20,22). The number of benzene rings is 2. The van der Waals surface area contributed by atoms with Crippen LogP contribution in [0, 0.1) is 0 Å². The number of thiophene rings is 1. The Morgan fingerprint density at radius 3 is 2.38 bits per heavy atom. The number of carbonyl (C=O) groups excluding carboxylic acids is 1. The van der Waals surface area contributed by atoms with Crippen LogP contribution in [0.25, 0.3) is 0 Å². The molecule has 0 radical (unpaired) electrons. The first-order valence-electron chi connectivity index (χ1n) is 7.22. The van der Waals surface area contributed by atoms with Gasteiger partial charge in [0.25, 0.3) is 0 Å². The van der Waals surface area contributed by atoms with Crippen LogP contribution in [0.15, 0.2) is 77.1 Å². The van der Waals surface area contributed by atoms with Crippen molar-refractivity contribution < 1.29 is 4.79 Å². The van der Waals surface area contributed by atoms with Gasteiger partial charge in [0, 0.05) is 5.02 Å². The Morgan fingerprint density at radius 2 is 1.71 bits per heavy atom. The number of halogens is 1. The maximum atomic E-state index is 12.6. The van der Waals surface area contributed by atoms with E-state index in [0.29, 0.717) is 15.6 Å². The van der Waals surface area contributed by atoms with E-state index in [2.05, 4.69) is 15.8 Å². The summed E-state index contributed by atoms with van der Waals surface area (Å²) in [6.45, 7) is 0. The highest BCUT2D eigenvalue weighted by molar-refractivity contribution is 7.13. The fourth-order valence-electron chi connectivity index (χ4n) is 1.96. The summed E-state index contributed by atoms with van der Waals surface area (Å²) in [6.07, 6.45) is 0. The smallest absolute Gasteiger partial charge is 0.239 e. The van der Waals surface area contributed by atoms with Gasteiger partial charge in [-0.3, -0.25) is 15.6 Å². The molecule has 0 unspecified atom stereocenters. The topological polar surface area (TPSA) is 53.5 Å². The zero-order valence-corrected chi connectivity index (χ0v) is 14.1. The van der Waals surface area contributed by atoms with Crippen LogP contribution in [0.4, 0.5) is 11.4 Å². The number of hydrogen-bond acceptors (Lipinski definition) is 4. The quantitative estimate of drug-likeness (QED) is 0.295. The van der Waals surface area contributed by atoms with Crippen LogP contribution in [0.2, 0.25) is 5.02 Å². The van der Waals surface area contributed by atoms with E-state index in [4.69, 9.17) is 11.6 Å². The van der Waals surface area contributed by atoms with Gasteiger partial charge in [0.2, 0.25) is 5.78 Å². The second-order valence-corrected chi connectivity index (χ2v) is 6.24. The summed E-state index contributed by atoms with van der Waals surface area (Å²) in [5, 5.41) is 2.51. The molecule has 24 heavy (non-hydrogen) atoms. The lowest BCUT2D eigenvalue weighted by molar-refractivity contribution is 0.106. The van der Waals surface area contributed by atoms with Crippen LogP contribution in [0.3, 0.4) is 0 Å². The molecule has 2 aromatic carbocycles. The number of para-hydroxylation sites is 1. The number of amidine groups is 1. The molecule has 4 nitrogen and oxygen atoms in total. The molecule has 0 bridgehead atoms. The van der Waals surface area contributed by atoms with Gasteiger partial charge in [-0.25, -0.2) is 4.99 Å². The number of nitrogens with zero attached hydrogens (tertiary/aromatic N) is 1. The molecule has 0 aliphatic carbocycles. The van der Waals surface area contributed by atoms with E-state index in [0.717, 1.165) is 5.69 Å². The van der Waals surface area contributed by atoms with E-state index >= 15 is 0 Å². The minimum Gasteiger partial charge on any atom is -0.300 e. The zero-order chi connectivity index (χ0) is 16.8. The van der Waals surface area contributed by atoms with Crippen molar-refractivity contribution in [1.29, 1.82) is 0 Å². The Morgan fingerprint density at radius 1 is 0.958 bits per heavy atom. The number of rotatable bonds is 5. The molecule has 1 aromatic heterocycles. The molecule has 120 valence electrons. The van der Waals surface area contributed by atoms with Gasteiger partial charge in [-0.1, -0.05) is 35.9 Å². The first-order chi connectivity index (χ1) is 11.7. The molecular formula is C18H14ClN3OS. The number of aliphatic imine (C=N–C) groups is 1. The minimum absolute atomic E-state index is 0.171. The van der Waals surface area contributed by atoms with Gasteiger partial charge in [-0.15, -0.1) is 11.3 Å². The first-order valence-corrected chi connectivity index (χ1v) is 8.48. The predicted molar refractivity (Wildman–Crippen MR) is 100 cm³/mol. The van der Waals surface area contributed by atoms with Crippen LogP contribution in [-0.4, -0.2) is 11.6 Å². The lowest BCUT2D eigenvalue weighted by atomic mass is 10.3. The Labute approximate surface area is 148 Å². The van der Waals surface area contributed by atoms with Gasteiger partial charge < -0.3 is 0 Å². The fourth-order valence-corrected chi connectivity index (χ4v) is 2.75. The van der Waals surface area contributed by atoms with Gasteiger partial charge in [0.15, 0.2) is 5.84 Å². The number of ketones is 1. The molecule has 0 amide bonds. The van der Waals surface area contributed by atoms with Crippen LogP contribution < -0.4 is 10.9 Å². The van der Waals surface area contributed by atoms with Crippen molar-refractivity contribution in [3.8, 4) is 0 Å². The molecule has 0 fully saturated rings. The molecule has 6 heteroatoms. The monoisotopic (exact) mass is 355 g/mol. The number of Topliss-reactive ketones (excluding diaryl/α,β-unsaturated/α-hetero) is 1. The lowest BCUT2D eigenvalue weighted by Crippen LogP contribution is -2.35. The zero-order valence-electron chi connectivity index (χ0n) is 12.6. The van der Waals surface area contributed by atoms with Crippen LogP contribution in [0.5, 0.6) is 0 Å². The fraction of sp³-hybridized carbons (Fsp3) is 0. The highest BCUT2D eigenvalue weighted by atomic mass is 35.5. The van der Waals surface area contributed by atoms with E-state index in [9.17, 15) is 4.79 Å². The Balaban J connectivity index is 1.83. The highest BCUT2D eigenvalue weighted by Gasteiger charge is 2.15. The molecule has 0 aliphatic rings. The highest BCUT2D eigenvalue weighted by Crippen LogP contribution is 2.15. The van der Waals surface area contributed by atoms with Gasteiger partial charge >= 0.3 is 0 Å². The maximum Gasteiger partial charge on any atom is 0.239 e. The van der Waals surface area contributed by atoms with E-state index in [1.165, 1.54) is 11.3 Å². The van der Waals surface area contributed by atoms with Gasteiger partial charge in [0.1, 0.15) is 0 Å². The van der Waals surface area contributed by atoms with Gasteiger partial charge in [-0.05, 0) is 47.8 Å². The Hall–Kier alpha value is -2.63. The van der Waals surface area contributed by atoms with Crippen molar-refractivity contribution in [2.45, 2.75) is 0 Å². The SMILES string of the molecule is O=C(C(=Nc1ccccc1)NNc1ccc(Cl)cc1)c1cccs1. The Bertz CT molecular complexity index is 830. The van der Waals surface area contributed by atoms with Gasteiger partial charge in [-0.2, -0.15) is 0 Å². The molecule has 1 heterocycles. The molecular weight excluding hydrogens is 342 g/mol. The summed E-state index contributed by atoms with van der Waals surface area (Å²) < 4.78 is 0. The third kappa shape index (κ3) is 4.22. The first kappa shape index (κ1) is 16.2. The summed E-state index contributed by atoms with van der Waals surface area (Å²) in [6, 6.07) is 20.1. The average Bonchev–Trinajstić information content (AvgIpc) is 3.15. The second kappa shape index (κ2) is 7.77. The Kier molecular flexibility index (Phi) is 5.25. The van der Waals surface area contributed by atoms with Crippen molar-refractivity contribution in [3.63, 3.8) is 0 Å². The number of carbonyl (C=O) groups is 1. The number of nitrogens with one attached hydrogen (secondary N) is 2. The third-order valence-electron chi connectivity index (χ3n) is 3.13. The largest absolute Gasteiger partial charge is 0.300 e. The second-order valence-electron chi connectivity index (χ2n) is 4.86. The van der Waals surface area contributed by atoms with Crippen LogP contribution in [0.1, 0.15) is 9.67 Å². The van der Waals surface area contributed by atoms with E-state index in [1.54, 1.807) is 18.2 Å². The third-order valence-corrected chi connectivity index (χ3v) is 4.25. The summed E-state index contributed by atoms with van der Waals surface area (Å²) in [5.74, 6) is 0.0499. The molecule has 0 aliphatic heterocycles. The summed E-state index contributed by atoms with van der Waals surface area (Å²) in [5.41, 5.74) is 7.36. The normalized spacial score (nSPS) is 11.1. The van der Waals surface area contributed by atoms with E-state index in [-0.39, 0.29) is 11.6 Å². The molecule has 3 rings (SSSR count). The average molecular weight is 356 g/mol. The molecule has 2 N–H and O–H groups in total. The molecule has 0 saturated carbocycles. The van der Waals surface area contributed by atoms with Gasteiger partial charge in [0.05, 0.1) is 16.3 Å².